The zero-order chi connectivity index (χ0) is 11.7. The summed E-state index contributed by atoms with van der Waals surface area (Å²) in [5.74, 6) is -0.195. The zero-order valence-corrected chi connectivity index (χ0v) is 9.02. The lowest BCUT2D eigenvalue weighted by Gasteiger charge is -1.98. The number of aliphatic hydroxyl groups is 1. The highest BCUT2D eigenvalue weighted by atomic mass is 16.4. The van der Waals surface area contributed by atoms with E-state index < -0.39 is 0 Å². The minimum absolute atomic E-state index is 0.0842. The second-order valence-corrected chi connectivity index (χ2v) is 3.50. The van der Waals surface area contributed by atoms with E-state index in [0.29, 0.717) is 11.1 Å². The Labute approximate surface area is 92.2 Å². The Bertz CT molecular complexity index is 544. The summed E-state index contributed by atoms with van der Waals surface area (Å²) in [6.45, 7) is 2.80. The Kier molecular flexibility index (Phi) is 2.48. The van der Waals surface area contributed by atoms with Crippen LogP contribution in [0.25, 0.3) is 16.7 Å². The number of aromatic nitrogens is 1. The van der Waals surface area contributed by atoms with Gasteiger partial charge in [0.1, 0.15) is 16.8 Å². The molecule has 0 fully saturated rings. The third-order valence-corrected chi connectivity index (χ3v) is 2.22. The zero-order valence-electron chi connectivity index (χ0n) is 9.02. The molecule has 2 aromatic rings. The third-order valence-electron chi connectivity index (χ3n) is 2.22. The summed E-state index contributed by atoms with van der Waals surface area (Å²) < 4.78 is 5.40. The van der Waals surface area contributed by atoms with Crippen LogP contribution in [0.4, 0.5) is 0 Å². The van der Waals surface area contributed by atoms with Crippen LogP contribution in [0.15, 0.2) is 34.4 Å². The van der Waals surface area contributed by atoms with Crippen LogP contribution in [0.1, 0.15) is 19.7 Å². The molecule has 0 atom stereocenters. The number of aliphatic hydroxyl groups excluding tert-OH is 1. The van der Waals surface area contributed by atoms with E-state index in [2.05, 4.69) is 4.98 Å². The number of carbonyl (C=O) groups excluding carboxylic acids is 1. The molecule has 0 aliphatic carbocycles. The van der Waals surface area contributed by atoms with E-state index in [1.54, 1.807) is 12.1 Å². The van der Waals surface area contributed by atoms with Crippen molar-refractivity contribution in [1.82, 2.24) is 4.98 Å². The van der Waals surface area contributed by atoms with Crippen LogP contribution in [-0.2, 0) is 4.79 Å². The van der Waals surface area contributed by atoms with Crippen molar-refractivity contribution in [1.29, 1.82) is 0 Å². The Morgan fingerprint density at radius 1 is 1.31 bits per heavy atom. The van der Waals surface area contributed by atoms with Crippen LogP contribution >= 0.6 is 0 Å². The van der Waals surface area contributed by atoms with Gasteiger partial charge in [-0.2, -0.15) is 0 Å². The summed E-state index contributed by atoms with van der Waals surface area (Å²) in [5, 5.41) is 9.42. The first-order chi connectivity index (χ1) is 7.59. The van der Waals surface area contributed by atoms with Crippen molar-refractivity contribution >= 4 is 22.5 Å². The molecule has 4 nitrogen and oxygen atoms in total. The number of fused-ring (bicyclic) bond motifs is 1. The maximum Gasteiger partial charge on any atom is 0.234 e. The van der Waals surface area contributed by atoms with Gasteiger partial charge < -0.3 is 9.52 Å². The van der Waals surface area contributed by atoms with Gasteiger partial charge in [0.2, 0.25) is 5.89 Å². The van der Waals surface area contributed by atoms with Gasteiger partial charge in [-0.05, 0) is 26.0 Å². The molecule has 0 spiro atoms. The van der Waals surface area contributed by atoms with Crippen LogP contribution in [-0.4, -0.2) is 15.9 Å². The maximum absolute atomic E-state index is 11.3. The van der Waals surface area contributed by atoms with Crippen molar-refractivity contribution in [3.05, 3.63) is 35.9 Å². The lowest BCUT2D eigenvalue weighted by molar-refractivity contribution is -0.112. The molecule has 2 rings (SSSR count). The van der Waals surface area contributed by atoms with Crippen molar-refractivity contribution in [2.75, 3.05) is 0 Å². The Hall–Kier alpha value is -2.10. The molecular weight excluding hydrogens is 206 g/mol. The second kappa shape index (κ2) is 3.81. The number of Topliss-reactive ketones (excluding diaryl/α,β-unsaturated/α-hetero) is 1. The third kappa shape index (κ3) is 1.69. The average Bonchev–Trinajstić information content (AvgIpc) is 2.58. The van der Waals surface area contributed by atoms with Gasteiger partial charge in [0.25, 0.3) is 0 Å². The van der Waals surface area contributed by atoms with Crippen molar-refractivity contribution in [2.24, 2.45) is 0 Å². The predicted octanol–water partition coefficient (Wildman–Crippen LogP) is 2.71. The van der Waals surface area contributed by atoms with Crippen LogP contribution in [0.3, 0.4) is 0 Å². The fraction of sp³-hybridized carbons (Fsp3) is 0.167. The maximum atomic E-state index is 11.3. The Morgan fingerprint density at radius 3 is 2.56 bits per heavy atom. The van der Waals surface area contributed by atoms with E-state index in [4.69, 9.17) is 4.42 Å². The molecular formula is C12H11NO3. The number of nitrogens with zero attached hydrogens (tertiary/aromatic N) is 1. The summed E-state index contributed by atoms with van der Waals surface area (Å²) >= 11 is 0. The number of carbonyl (C=O) groups is 1. The summed E-state index contributed by atoms with van der Waals surface area (Å²) in [6, 6.07) is 7.20. The highest BCUT2D eigenvalue weighted by Crippen LogP contribution is 2.23. The van der Waals surface area contributed by atoms with Gasteiger partial charge in [-0.1, -0.05) is 12.1 Å². The molecule has 1 aromatic heterocycles. The molecule has 1 N–H and O–H groups in total. The molecule has 1 heterocycles. The quantitative estimate of drug-likeness (QED) is 0.620. The highest BCUT2D eigenvalue weighted by molar-refractivity contribution is 6.18. The molecule has 0 bridgehead atoms. The van der Waals surface area contributed by atoms with Gasteiger partial charge in [0.15, 0.2) is 11.4 Å². The average molecular weight is 217 g/mol. The second-order valence-electron chi connectivity index (χ2n) is 3.50. The topological polar surface area (TPSA) is 63.3 Å². The lowest BCUT2D eigenvalue weighted by atomic mass is 10.1. The van der Waals surface area contributed by atoms with Crippen LogP contribution in [0.2, 0.25) is 0 Å². The van der Waals surface area contributed by atoms with Crippen LogP contribution < -0.4 is 0 Å². The number of rotatable bonds is 2. The summed E-state index contributed by atoms with van der Waals surface area (Å²) in [6.07, 6.45) is 0. The number of ketones is 1. The van der Waals surface area contributed by atoms with E-state index in [9.17, 15) is 9.90 Å². The summed E-state index contributed by atoms with van der Waals surface area (Å²) in [4.78, 5) is 15.5. The summed E-state index contributed by atoms with van der Waals surface area (Å²) in [5.41, 5.74) is 1.38. The van der Waals surface area contributed by atoms with Crippen LogP contribution in [0.5, 0.6) is 0 Å². The van der Waals surface area contributed by atoms with E-state index in [1.807, 2.05) is 12.1 Å². The minimum Gasteiger partial charge on any atom is -0.512 e. The van der Waals surface area contributed by atoms with Crippen molar-refractivity contribution in [3.8, 4) is 0 Å². The fourth-order valence-corrected chi connectivity index (χ4v) is 1.54. The number of allylic oxidation sites excluding steroid dienone is 2. The standard InChI is InChI=1S/C12H11NO3/c1-7(14)11(8(2)15)12-13-9-5-3-4-6-10(9)16-12/h3-6,14H,1-2H3. The summed E-state index contributed by atoms with van der Waals surface area (Å²) in [7, 11) is 0. The molecule has 16 heavy (non-hydrogen) atoms. The Morgan fingerprint density at radius 2 is 2.00 bits per heavy atom. The number of hydrogen-bond acceptors (Lipinski definition) is 4. The largest absolute Gasteiger partial charge is 0.512 e. The molecule has 0 saturated carbocycles. The molecule has 0 saturated heterocycles. The number of para-hydroxylation sites is 2. The molecule has 82 valence electrons. The van der Waals surface area contributed by atoms with Gasteiger partial charge in [0, 0.05) is 0 Å². The smallest absolute Gasteiger partial charge is 0.234 e. The predicted molar refractivity (Wildman–Crippen MR) is 59.9 cm³/mol. The van der Waals surface area contributed by atoms with Gasteiger partial charge in [-0.25, -0.2) is 4.98 Å². The van der Waals surface area contributed by atoms with Crippen molar-refractivity contribution in [3.63, 3.8) is 0 Å². The molecule has 1 aromatic carbocycles. The Balaban J connectivity index is 2.63. The molecule has 0 unspecified atom stereocenters. The normalized spacial score (nSPS) is 12.6. The minimum atomic E-state index is -0.272. The van der Waals surface area contributed by atoms with Gasteiger partial charge in [-0.3, -0.25) is 4.79 Å². The molecule has 0 aliphatic heterocycles. The molecule has 0 aliphatic rings. The fourth-order valence-electron chi connectivity index (χ4n) is 1.54. The van der Waals surface area contributed by atoms with E-state index in [-0.39, 0.29) is 23.0 Å². The highest BCUT2D eigenvalue weighted by Gasteiger charge is 2.17. The van der Waals surface area contributed by atoms with Gasteiger partial charge in [-0.15, -0.1) is 0 Å². The van der Waals surface area contributed by atoms with E-state index in [1.165, 1.54) is 13.8 Å². The van der Waals surface area contributed by atoms with Gasteiger partial charge >= 0.3 is 0 Å². The monoisotopic (exact) mass is 217 g/mol. The van der Waals surface area contributed by atoms with Crippen LogP contribution in [0, 0.1) is 0 Å². The first kappa shape index (κ1) is 10.4. The van der Waals surface area contributed by atoms with E-state index in [0.717, 1.165) is 0 Å². The van der Waals surface area contributed by atoms with Gasteiger partial charge in [0.05, 0.1) is 0 Å². The number of benzene rings is 1. The lowest BCUT2D eigenvalue weighted by Crippen LogP contribution is -1.99. The first-order valence-corrected chi connectivity index (χ1v) is 4.86. The van der Waals surface area contributed by atoms with Crippen molar-refractivity contribution < 1.29 is 14.3 Å². The molecule has 4 heteroatoms. The first-order valence-electron chi connectivity index (χ1n) is 4.86. The van der Waals surface area contributed by atoms with E-state index >= 15 is 0 Å². The number of oxazole rings is 1. The number of hydrogen-bond donors (Lipinski definition) is 1. The van der Waals surface area contributed by atoms with Crippen molar-refractivity contribution in [2.45, 2.75) is 13.8 Å². The SMILES string of the molecule is CC(=O)C(=C(C)O)c1nc2ccccc2o1. The molecule has 0 radical (unpaired) electrons. The molecule has 0 amide bonds.